The Labute approximate surface area is 81.4 Å². The van der Waals surface area contributed by atoms with Gasteiger partial charge in [-0.3, -0.25) is 4.79 Å². The van der Waals surface area contributed by atoms with Crippen molar-refractivity contribution in [1.29, 1.82) is 0 Å². The second-order valence-electron chi connectivity index (χ2n) is 3.27. The van der Waals surface area contributed by atoms with Crippen molar-refractivity contribution in [3.05, 3.63) is 34.6 Å². The van der Waals surface area contributed by atoms with Crippen LogP contribution in [-0.2, 0) is 4.79 Å². The van der Waals surface area contributed by atoms with Crippen molar-refractivity contribution in [2.24, 2.45) is 5.73 Å². The number of aliphatic carboxylic acids is 1. The van der Waals surface area contributed by atoms with Gasteiger partial charge in [-0.1, -0.05) is 6.07 Å². The Morgan fingerprint density at radius 3 is 2.50 bits per heavy atom. The molecule has 1 aromatic carbocycles. The molecule has 76 valence electrons. The lowest BCUT2D eigenvalue weighted by Crippen LogP contribution is -2.21. The van der Waals surface area contributed by atoms with Gasteiger partial charge in [0.25, 0.3) is 0 Å². The summed E-state index contributed by atoms with van der Waals surface area (Å²) in [4.78, 5) is 10.6. The van der Waals surface area contributed by atoms with Crippen LogP contribution in [0.5, 0.6) is 0 Å². The molecular weight excluding hydrogens is 185 g/mol. The molecule has 0 saturated carbocycles. The molecule has 1 rings (SSSR count). The molecule has 1 aromatic rings. The van der Waals surface area contributed by atoms with E-state index in [0.29, 0.717) is 16.7 Å². The fourth-order valence-electron chi connectivity index (χ4n) is 1.27. The number of benzene rings is 1. The Morgan fingerprint density at radius 1 is 1.43 bits per heavy atom. The molecule has 0 fully saturated rings. The number of aryl methyl sites for hydroxylation is 2. The third-order valence-corrected chi connectivity index (χ3v) is 2.15. The van der Waals surface area contributed by atoms with E-state index in [1.54, 1.807) is 13.8 Å². The van der Waals surface area contributed by atoms with E-state index < -0.39 is 12.0 Å². The maximum atomic E-state index is 13.0. The van der Waals surface area contributed by atoms with E-state index in [-0.39, 0.29) is 5.82 Å². The number of carboxylic acid groups (broad SMARTS) is 1. The number of rotatable bonds is 2. The van der Waals surface area contributed by atoms with E-state index in [4.69, 9.17) is 10.8 Å². The van der Waals surface area contributed by atoms with Crippen LogP contribution in [-0.4, -0.2) is 11.1 Å². The van der Waals surface area contributed by atoms with Gasteiger partial charge in [0.05, 0.1) is 0 Å². The first kappa shape index (κ1) is 10.7. The summed E-state index contributed by atoms with van der Waals surface area (Å²) in [5, 5.41) is 8.70. The van der Waals surface area contributed by atoms with Crippen molar-refractivity contribution in [1.82, 2.24) is 0 Å². The molecule has 0 aliphatic carbocycles. The summed E-state index contributed by atoms with van der Waals surface area (Å²) in [6, 6.07) is 1.69. The molecule has 1 unspecified atom stereocenters. The van der Waals surface area contributed by atoms with Gasteiger partial charge in [-0.05, 0) is 36.6 Å². The zero-order valence-corrected chi connectivity index (χ0v) is 8.04. The number of hydrogen-bond acceptors (Lipinski definition) is 2. The molecule has 1 atom stereocenters. The Morgan fingerprint density at radius 2 is 2.00 bits per heavy atom. The van der Waals surface area contributed by atoms with E-state index >= 15 is 0 Å². The summed E-state index contributed by atoms with van der Waals surface area (Å²) in [7, 11) is 0. The first-order chi connectivity index (χ1) is 6.43. The number of hydrogen-bond donors (Lipinski definition) is 2. The lowest BCUT2D eigenvalue weighted by Gasteiger charge is -2.11. The van der Waals surface area contributed by atoms with Gasteiger partial charge in [-0.2, -0.15) is 0 Å². The van der Waals surface area contributed by atoms with E-state index in [0.717, 1.165) is 0 Å². The van der Waals surface area contributed by atoms with Gasteiger partial charge in [-0.15, -0.1) is 0 Å². The number of carbonyl (C=O) groups is 1. The molecule has 0 aromatic heterocycles. The molecule has 0 aliphatic rings. The van der Waals surface area contributed by atoms with Crippen molar-refractivity contribution < 1.29 is 14.3 Å². The van der Waals surface area contributed by atoms with Gasteiger partial charge >= 0.3 is 5.97 Å². The molecule has 0 heterocycles. The van der Waals surface area contributed by atoms with Crippen LogP contribution in [0.3, 0.4) is 0 Å². The Bertz CT molecular complexity index is 377. The highest BCUT2D eigenvalue weighted by atomic mass is 19.1. The van der Waals surface area contributed by atoms with E-state index in [9.17, 15) is 9.18 Å². The first-order valence-corrected chi connectivity index (χ1v) is 4.18. The predicted octanol–water partition coefficient (Wildman–Crippen LogP) is 1.53. The molecule has 0 bridgehead atoms. The van der Waals surface area contributed by atoms with Gasteiger partial charge in [0.1, 0.15) is 11.9 Å². The summed E-state index contributed by atoms with van der Waals surface area (Å²) in [5.41, 5.74) is 6.85. The van der Waals surface area contributed by atoms with Gasteiger partial charge in [0.2, 0.25) is 0 Å². The van der Waals surface area contributed by atoms with E-state index in [1.165, 1.54) is 12.1 Å². The van der Waals surface area contributed by atoms with Crippen molar-refractivity contribution in [3.8, 4) is 0 Å². The highest BCUT2D eigenvalue weighted by Crippen LogP contribution is 2.19. The predicted molar refractivity (Wildman–Crippen MR) is 50.4 cm³/mol. The Hall–Kier alpha value is -1.42. The van der Waals surface area contributed by atoms with Gasteiger partial charge < -0.3 is 10.8 Å². The SMILES string of the molecule is Cc1cc(C(N)C(=O)O)c(C)cc1F. The number of halogens is 1. The minimum absolute atomic E-state index is 0.344. The summed E-state index contributed by atoms with van der Waals surface area (Å²) < 4.78 is 13.0. The highest BCUT2D eigenvalue weighted by molar-refractivity contribution is 5.75. The monoisotopic (exact) mass is 197 g/mol. The second-order valence-corrected chi connectivity index (χ2v) is 3.27. The molecule has 0 spiro atoms. The van der Waals surface area contributed by atoms with Crippen LogP contribution >= 0.6 is 0 Å². The molecule has 4 heteroatoms. The molecular formula is C10H12FNO2. The highest BCUT2D eigenvalue weighted by Gasteiger charge is 2.17. The average molecular weight is 197 g/mol. The smallest absolute Gasteiger partial charge is 0.325 e. The fourth-order valence-corrected chi connectivity index (χ4v) is 1.27. The second kappa shape index (κ2) is 3.75. The molecule has 3 N–H and O–H groups in total. The normalized spacial score (nSPS) is 12.6. The van der Waals surface area contributed by atoms with E-state index in [2.05, 4.69) is 0 Å². The summed E-state index contributed by atoms with van der Waals surface area (Å²) >= 11 is 0. The maximum Gasteiger partial charge on any atom is 0.325 e. The zero-order chi connectivity index (χ0) is 10.9. The standard InChI is InChI=1S/C10H12FNO2/c1-5-4-8(11)6(2)3-7(5)9(12)10(13)14/h3-4,9H,12H2,1-2H3,(H,13,14). The van der Waals surface area contributed by atoms with Crippen molar-refractivity contribution in [2.75, 3.05) is 0 Å². The van der Waals surface area contributed by atoms with Crippen molar-refractivity contribution >= 4 is 5.97 Å². The summed E-state index contributed by atoms with van der Waals surface area (Å²) in [6.07, 6.45) is 0. The zero-order valence-electron chi connectivity index (χ0n) is 8.04. The van der Waals surface area contributed by atoms with Crippen LogP contribution in [0, 0.1) is 19.7 Å². The Balaban J connectivity index is 3.22. The van der Waals surface area contributed by atoms with Crippen LogP contribution in [0.1, 0.15) is 22.7 Å². The molecule has 3 nitrogen and oxygen atoms in total. The van der Waals surface area contributed by atoms with Crippen LogP contribution < -0.4 is 5.73 Å². The largest absolute Gasteiger partial charge is 0.480 e. The quantitative estimate of drug-likeness (QED) is 0.755. The van der Waals surface area contributed by atoms with Crippen molar-refractivity contribution in [2.45, 2.75) is 19.9 Å². The number of carboxylic acids is 1. The molecule has 0 radical (unpaired) electrons. The van der Waals surface area contributed by atoms with Crippen molar-refractivity contribution in [3.63, 3.8) is 0 Å². The minimum atomic E-state index is -1.11. The molecule has 14 heavy (non-hydrogen) atoms. The van der Waals surface area contributed by atoms with Gasteiger partial charge in [0.15, 0.2) is 0 Å². The average Bonchev–Trinajstić information content (AvgIpc) is 2.10. The molecule has 0 amide bonds. The molecule has 0 aliphatic heterocycles. The number of nitrogens with two attached hydrogens (primary N) is 1. The lowest BCUT2D eigenvalue weighted by molar-refractivity contribution is -0.138. The van der Waals surface area contributed by atoms with Gasteiger partial charge in [0, 0.05) is 0 Å². The van der Waals surface area contributed by atoms with Crippen LogP contribution in [0.4, 0.5) is 4.39 Å². The Kier molecular flexibility index (Phi) is 2.86. The third-order valence-electron chi connectivity index (χ3n) is 2.15. The first-order valence-electron chi connectivity index (χ1n) is 4.18. The van der Waals surface area contributed by atoms with Crippen LogP contribution in [0.15, 0.2) is 12.1 Å². The topological polar surface area (TPSA) is 63.3 Å². The third kappa shape index (κ3) is 1.90. The fraction of sp³-hybridized carbons (Fsp3) is 0.300. The summed E-state index contributed by atoms with van der Waals surface area (Å²) in [5.74, 6) is -1.46. The van der Waals surface area contributed by atoms with Crippen LogP contribution in [0.2, 0.25) is 0 Å². The van der Waals surface area contributed by atoms with Gasteiger partial charge in [-0.25, -0.2) is 4.39 Å². The lowest BCUT2D eigenvalue weighted by atomic mass is 9.99. The van der Waals surface area contributed by atoms with Crippen LogP contribution in [0.25, 0.3) is 0 Å². The minimum Gasteiger partial charge on any atom is -0.480 e. The molecule has 0 saturated heterocycles. The summed E-state index contributed by atoms with van der Waals surface area (Å²) in [6.45, 7) is 3.22. The van der Waals surface area contributed by atoms with E-state index in [1.807, 2.05) is 0 Å². The maximum absolute atomic E-state index is 13.0.